The molecule has 138 valence electrons. The molecule has 0 N–H and O–H groups in total. The molecule has 0 aromatic heterocycles. The first-order valence-electron chi connectivity index (χ1n) is 9.91. The van der Waals surface area contributed by atoms with Crippen molar-refractivity contribution in [1.29, 1.82) is 0 Å². The van der Waals surface area contributed by atoms with E-state index in [1.807, 2.05) is 6.07 Å². The maximum atomic E-state index is 16.9. The van der Waals surface area contributed by atoms with Gasteiger partial charge in [0, 0.05) is 24.6 Å². The van der Waals surface area contributed by atoms with Crippen molar-refractivity contribution in [2.45, 2.75) is 61.8 Å². The fourth-order valence-corrected chi connectivity index (χ4v) is 6.36. The molecule has 2 saturated carbocycles. The van der Waals surface area contributed by atoms with E-state index in [1.165, 1.54) is 12.8 Å². The average molecular weight is 357 g/mol. The third kappa shape index (κ3) is 1.62. The van der Waals surface area contributed by atoms with Crippen LogP contribution in [0, 0.1) is 5.92 Å². The molecule has 4 nitrogen and oxygen atoms in total. The molecule has 3 aliphatic carbocycles. The first kappa shape index (κ1) is 15.4. The van der Waals surface area contributed by atoms with Crippen molar-refractivity contribution in [2.24, 2.45) is 5.92 Å². The molecule has 1 spiro atoms. The lowest BCUT2D eigenvalue weighted by Gasteiger charge is -2.61. The van der Waals surface area contributed by atoms with E-state index in [1.54, 1.807) is 7.11 Å². The molecule has 1 aromatic carbocycles. The minimum atomic E-state index is -1.39. The summed E-state index contributed by atoms with van der Waals surface area (Å²) in [6.07, 6.45) is 3.84. The Kier molecular flexibility index (Phi) is 2.85. The number of alkyl halides is 1. The minimum absolute atomic E-state index is 0.0544. The number of piperidine rings is 1. The summed E-state index contributed by atoms with van der Waals surface area (Å²) in [6.45, 7) is 1.86. The van der Waals surface area contributed by atoms with Crippen LogP contribution >= 0.6 is 0 Å². The van der Waals surface area contributed by atoms with E-state index in [2.05, 4.69) is 11.0 Å². The Bertz CT molecular complexity index is 822. The number of rotatable bonds is 3. The Morgan fingerprint density at radius 3 is 2.96 bits per heavy atom. The molecule has 0 radical (unpaired) electrons. The average Bonchev–Trinajstić information content (AvgIpc) is 3.37. The van der Waals surface area contributed by atoms with E-state index in [9.17, 15) is 4.79 Å². The summed E-state index contributed by atoms with van der Waals surface area (Å²) in [5, 5.41) is 0. The summed E-state index contributed by atoms with van der Waals surface area (Å²) in [6, 6.07) is 3.85. The van der Waals surface area contributed by atoms with Crippen molar-refractivity contribution in [2.75, 3.05) is 20.2 Å². The molecule has 3 fully saturated rings. The molecule has 26 heavy (non-hydrogen) atoms. The highest BCUT2D eigenvalue weighted by Gasteiger charge is 2.74. The first-order chi connectivity index (χ1) is 12.6. The Hall–Kier alpha value is -1.62. The quantitative estimate of drug-likeness (QED) is 0.834. The number of halogens is 1. The van der Waals surface area contributed by atoms with Gasteiger partial charge in [0.1, 0.15) is 5.67 Å². The maximum absolute atomic E-state index is 16.9. The van der Waals surface area contributed by atoms with Gasteiger partial charge in [0.2, 0.25) is 0 Å². The smallest absolute Gasteiger partial charge is 0.174 e. The Balaban J connectivity index is 1.57. The highest BCUT2D eigenvalue weighted by Crippen LogP contribution is 2.66. The SMILES string of the molecule is COc1ccc2c3c1OC1C(=O)CC[C@@]4(F)[C@@H](C2)N(CC2CC2)CC[C@]314. The van der Waals surface area contributed by atoms with Crippen LogP contribution in [0.4, 0.5) is 4.39 Å². The van der Waals surface area contributed by atoms with Gasteiger partial charge < -0.3 is 9.47 Å². The third-order valence-electron chi connectivity index (χ3n) is 7.69. The normalized spacial score (nSPS) is 40.2. The number of ketones is 1. The molecule has 2 bridgehead atoms. The highest BCUT2D eigenvalue weighted by molar-refractivity contribution is 5.90. The predicted molar refractivity (Wildman–Crippen MR) is 93.6 cm³/mol. The van der Waals surface area contributed by atoms with Gasteiger partial charge in [0.05, 0.1) is 12.5 Å². The van der Waals surface area contributed by atoms with Crippen LogP contribution in [0.5, 0.6) is 11.5 Å². The fourth-order valence-electron chi connectivity index (χ4n) is 6.36. The second-order valence-corrected chi connectivity index (χ2v) is 8.84. The van der Waals surface area contributed by atoms with E-state index in [0.29, 0.717) is 30.8 Å². The summed E-state index contributed by atoms with van der Waals surface area (Å²) in [5.74, 6) is 2.04. The Morgan fingerprint density at radius 1 is 1.35 bits per heavy atom. The molecule has 2 aliphatic heterocycles. The first-order valence-corrected chi connectivity index (χ1v) is 9.91. The van der Waals surface area contributed by atoms with Gasteiger partial charge in [0.25, 0.3) is 0 Å². The van der Waals surface area contributed by atoms with Crippen molar-refractivity contribution in [3.05, 3.63) is 23.3 Å². The van der Waals surface area contributed by atoms with Crippen LogP contribution in [-0.4, -0.2) is 48.7 Å². The zero-order valence-electron chi connectivity index (χ0n) is 15.1. The lowest BCUT2D eigenvalue weighted by atomic mass is 9.50. The second-order valence-electron chi connectivity index (χ2n) is 8.84. The lowest BCUT2D eigenvalue weighted by Crippen LogP contribution is -2.74. The maximum Gasteiger partial charge on any atom is 0.174 e. The van der Waals surface area contributed by atoms with Gasteiger partial charge in [-0.05, 0) is 56.2 Å². The number of carbonyl (C=O) groups excluding carboxylic acids is 1. The molecule has 5 aliphatic rings. The van der Waals surface area contributed by atoms with Crippen LogP contribution < -0.4 is 9.47 Å². The monoisotopic (exact) mass is 357 g/mol. The van der Waals surface area contributed by atoms with Crippen LogP contribution in [-0.2, 0) is 16.6 Å². The molecule has 4 atom stereocenters. The molecule has 1 saturated heterocycles. The van der Waals surface area contributed by atoms with Gasteiger partial charge in [-0.2, -0.15) is 0 Å². The minimum Gasteiger partial charge on any atom is -0.493 e. The predicted octanol–water partition coefficient (Wildman–Crippen LogP) is 2.81. The van der Waals surface area contributed by atoms with E-state index >= 15 is 4.39 Å². The molecule has 1 aromatic rings. The van der Waals surface area contributed by atoms with Gasteiger partial charge in [0.15, 0.2) is 23.4 Å². The van der Waals surface area contributed by atoms with Gasteiger partial charge in [-0.15, -0.1) is 0 Å². The van der Waals surface area contributed by atoms with Crippen molar-refractivity contribution < 1.29 is 18.7 Å². The second kappa shape index (κ2) is 4.80. The number of ether oxygens (including phenoxy) is 2. The van der Waals surface area contributed by atoms with Crippen LogP contribution in [0.2, 0.25) is 0 Å². The number of Topliss-reactive ketones (excluding diaryl/α,β-unsaturated/α-hetero) is 1. The topological polar surface area (TPSA) is 38.8 Å². The van der Waals surface area contributed by atoms with Gasteiger partial charge in [-0.3, -0.25) is 9.69 Å². The van der Waals surface area contributed by atoms with E-state index in [4.69, 9.17) is 9.47 Å². The molecular weight excluding hydrogens is 333 g/mol. The van der Waals surface area contributed by atoms with E-state index in [0.717, 1.165) is 30.1 Å². The van der Waals surface area contributed by atoms with Gasteiger partial charge in [-0.25, -0.2) is 4.39 Å². The summed E-state index contributed by atoms with van der Waals surface area (Å²) >= 11 is 0. The molecule has 2 heterocycles. The van der Waals surface area contributed by atoms with Crippen molar-refractivity contribution >= 4 is 5.78 Å². The fraction of sp³-hybridized carbons (Fsp3) is 0.667. The number of carbonyl (C=O) groups is 1. The summed E-state index contributed by atoms with van der Waals surface area (Å²) in [7, 11) is 1.61. The summed E-state index contributed by atoms with van der Waals surface area (Å²) in [5.41, 5.74) is -0.107. The van der Waals surface area contributed by atoms with Crippen molar-refractivity contribution in [3.8, 4) is 11.5 Å². The lowest BCUT2D eigenvalue weighted by molar-refractivity contribution is -0.161. The number of benzene rings is 1. The number of methoxy groups -OCH3 is 1. The molecular formula is C21H24FNO3. The molecule has 5 heteroatoms. The highest BCUT2D eigenvalue weighted by atomic mass is 19.1. The van der Waals surface area contributed by atoms with Crippen LogP contribution in [0.25, 0.3) is 0 Å². The summed E-state index contributed by atoms with van der Waals surface area (Å²) < 4.78 is 28.6. The van der Waals surface area contributed by atoms with E-state index < -0.39 is 17.2 Å². The Morgan fingerprint density at radius 2 is 2.19 bits per heavy atom. The largest absolute Gasteiger partial charge is 0.493 e. The van der Waals surface area contributed by atoms with Crippen LogP contribution in [0.3, 0.4) is 0 Å². The van der Waals surface area contributed by atoms with E-state index in [-0.39, 0.29) is 18.2 Å². The molecule has 1 unspecified atom stereocenters. The molecule has 0 amide bonds. The number of likely N-dealkylation sites (tertiary alicyclic amines) is 1. The number of hydrogen-bond acceptors (Lipinski definition) is 4. The van der Waals surface area contributed by atoms with Gasteiger partial charge in [-0.1, -0.05) is 6.07 Å². The Labute approximate surface area is 152 Å². The third-order valence-corrected chi connectivity index (χ3v) is 7.69. The molecule has 6 rings (SSSR count). The van der Waals surface area contributed by atoms with Crippen molar-refractivity contribution in [1.82, 2.24) is 4.90 Å². The number of hydrogen-bond donors (Lipinski definition) is 0. The van der Waals surface area contributed by atoms with Crippen LogP contribution in [0.15, 0.2) is 12.1 Å². The van der Waals surface area contributed by atoms with Crippen LogP contribution in [0.1, 0.15) is 43.2 Å². The zero-order chi connectivity index (χ0) is 17.7. The zero-order valence-corrected chi connectivity index (χ0v) is 15.1. The number of nitrogens with zero attached hydrogens (tertiary/aromatic N) is 1. The summed E-state index contributed by atoms with van der Waals surface area (Å²) in [4.78, 5) is 15.2. The standard InChI is InChI=1S/C21H24FNO3/c1-25-15-5-4-13-10-16-21(22)7-6-14(24)19-20(21,17(13)18(15)26-19)8-9-23(16)11-12-2-3-12/h4-5,12,16,19H,2-3,6-11H2,1H3/t16-,19?,20+,21-/m1/s1. The van der Waals surface area contributed by atoms with Gasteiger partial charge >= 0.3 is 0 Å². The van der Waals surface area contributed by atoms with Crippen molar-refractivity contribution in [3.63, 3.8) is 0 Å².